The molecule has 132 valence electrons. The Hall–Kier alpha value is -2.53. The summed E-state index contributed by atoms with van der Waals surface area (Å²) < 4.78 is 0. The van der Waals surface area contributed by atoms with E-state index in [2.05, 4.69) is 17.1 Å². The zero-order valence-electron chi connectivity index (χ0n) is 14.4. The standard InChI is InChI=1S/C21H20N2O2S/c24-20(17-14-22-18-9-5-4-8-16(17)18)21(25)23-11-10-19(26-13-12-23)15-6-2-1-3-7-15/h1-9,14,19,22H,10-13H2/t19-/m1/s1. The van der Waals surface area contributed by atoms with Crippen LogP contribution in [0.3, 0.4) is 0 Å². The number of carbonyl (C=O) groups is 2. The zero-order valence-corrected chi connectivity index (χ0v) is 15.2. The minimum atomic E-state index is -0.425. The number of H-pyrrole nitrogens is 1. The molecule has 5 heteroatoms. The third-order valence-corrected chi connectivity index (χ3v) is 6.16. The molecule has 1 fully saturated rings. The van der Waals surface area contributed by atoms with Crippen LogP contribution in [0, 0.1) is 0 Å². The summed E-state index contributed by atoms with van der Waals surface area (Å²) in [4.78, 5) is 30.3. The minimum absolute atomic E-state index is 0.372. The largest absolute Gasteiger partial charge is 0.360 e. The number of nitrogens with one attached hydrogen (secondary N) is 1. The molecule has 0 unspecified atom stereocenters. The molecule has 1 aliphatic heterocycles. The summed E-state index contributed by atoms with van der Waals surface area (Å²) in [5.74, 6) is 0.0154. The molecule has 1 aliphatic rings. The number of Topliss-reactive ketones (excluding diaryl/α,β-unsaturated/α-hetero) is 1. The van der Waals surface area contributed by atoms with Crippen molar-refractivity contribution in [2.24, 2.45) is 0 Å². The molecule has 1 aromatic heterocycles. The van der Waals surface area contributed by atoms with E-state index in [4.69, 9.17) is 0 Å². The van der Waals surface area contributed by atoms with Gasteiger partial charge in [0.2, 0.25) is 0 Å². The van der Waals surface area contributed by atoms with Crippen LogP contribution >= 0.6 is 11.8 Å². The molecule has 26 heavy (non-hydrogen) atoms. The second-order valence-corrected chi connectivity index (χ2v) is 7.74. The van der Waals surface area contributed by atoms with Gasteiger partial charge in [-0.2, -0.15) is 11.8 Å². The molecule has 1 amide bonds. The van der Waals surface area contributed by atoms with Gasteiger partial charge < -0.3 is 9.88 Å². The summed E-state index contributed by atoms with van der Waals surface area (Å²) in [6.45, 7) is 1.22. The molecule has 0 spiro atoms. The van der Waals surface area contributed by atoms with Gasteiger partial charge in [-0.3, -0.25) is 9.59 Å². The molecule has 0 saturated carbocycles. The van der Waals surface area contributed by atoms with E-state index in [1.54, 1.807) is 11.1 Å². The van der Waals surface area contributed by atoms with Crippen LogP contribution < -0.4 is 0 Å². The Morgan fingerprint density at radius 2 is 1.77 bits per heavy atom. The van der Waals surface area contributed by atoms with E-state index >= 15 is 0 Å². The van der Waals surface area contributed by atoms with Crippen molar-refractivity contribution in [3.63, 3.8) is 0 Å². The van der Waals surface area contributed by atoms with Gasteiger partial charge in [-0.05, 0) is 18.1 Å². The minimum Gasteiger partial charge on any atom is -0.360 e. The quantitative estimate of drug-likeness (QED) is 0.563. The number of aromatic amines is 1. The van der Waals surface area contributed by atoms with Crippen molar-refractivity contribution >= 4 is 34.4 Å². The van der Waals surface area contributed by atoms with Crippen LogP contribution in [-0.4, -0.2) is 40.4 Å². The molecule has 0 aliphatic carbocycles. The van der Waals surface area contributed by atoms with Crippen LogP contribution in [0.1, 0.15) is 27.6 Å². The summed E-state index contributed by atoms with van der Waals surface area (Å²) in [5, 5.41) is 1.18. The Kier molecular flexibility index (Phi) is 4.80. The maximum Gasteiger partial charge on any atom is 0.295 e. The highest BCUT2D eigenvalue weighted by Gasteiger charge is 2.28. The first kappa shape index (κ1) is 16.9. The Bertz CT molecular complexity index is 935. The summed E-state index contributed by atoms with van der Waals surface area (Å²) in [7, 11) is 0. The van der Waals surface area contributed by atoms with E-state index in [0.717, 1.165) is 23.1 Å². The molecule has 2 heterocycles. The Morgan fingerprint density at radius 3 is 2.62 bits per heavy atom. The Balaban J connectivity index is 1.49. The maximum atomic E-state index is 12.8. The SMILES string of the molecule is O=C(C(=O)N1CCS[C@@H](c2ccccc2)CC1)c1c[nH]c2ccccc12. The van der Waals surface area contributed by atoms with Crippen LogP contribution in [0.25, 0.3) is 10.9 Å². The van der Waals surface area contributed by atoms with Gasteiger partial charge in [0.15, 0.2) is 0 Å². The lowest BCUT2D eigenvalue weighted by molar-refractivity contribution is -0.126. The molecule has 1 atom stereocenters. The third kappa shape index (κ3) is 3.27. The maximum absolute atomic E-state index is 12.8. The fourth-order valence-electron chi connectivity index (χ4n) is 3.43. The van der Waals surface area contributed by atoms with Crippen LogP contribution in [0.15, 0.2) is 60.8 Å². The lowest BCUT2D eigenvalue weighted by Gasteiger charge is -2.19. The average molecular weight is 364 g/mol. The first-order valence-electron chi connectivity index (χ1n) is 8.80. The number of fused-ring (bicyclic) bond motifs is 1. The Morgan fingerprint density at radius 1 is 1.00 bits per heavy atom. The van der Waals surface area contributed by atoms with Gasteiger partial charge in [0.1, 0.15) is 0 Å². The number of carbonyl (C=O) groups excluding carboxylic acids is 2. The third-order valence-electron chi connectivity index (χ3n) is 4.83. The molecule has 1 N–H and O–H groups in total. The first-order valence-corrected chi connectivity index (χ1v) is 9.85. The number of para-hydroxylation sites is 1. The highest BCUT2D eigenvalue weighted by Crippen LogP contribution is 2.34. The Labute approximate surface area is 156 Å². The summed E-state index contributed by atoms with van der Waals surface area (Å²) in [5.41, 5.74) is 2.62. The molecular weight excluding hydrogens is 344 g/mol. The summed E-state index contributed by atoms with van der Waals surface area (Å²) in [6.07, 6.45) is 2.51. The fourth-order valence-corrected chi connectivity index (χ4v) is 4.66. The average Bonchev–Trinajstić information content (AvgIpc) is 2.96. The number of thioether (sulfide) groups is 1. The van der Waals surface area contributed by atoms with Crippen molar-refractivity contribution in [3.05, 3.63) is 71.9 Å². The number of ketones is 1. The monoisotopic (exact) mass is 364 g/mol. The van der Waals surface area contributed by atoms with Crippen molar-refractivity contribution in [1.82, 2.24) is 9.88 Å². The van der Waals surface area contributed by atoms with E-state index in [-0.39, 0.29) is 0 Å². The van der Waals surface area contributed by atoms with Gasteiger partial charge in [0.25, 0.3) is 11.7 Å². The summed E-state index contributed by atoms with van der Waals surface area (Å²) in [6, 6.07) is 17.9. The van der Waals surface area contributed by atoms with Gasteiger partial charge in [-0.25, -0.2) is 0 Å². The number of nitrogens with zero attached hydrogens (tertiary/aromatic N) is 1. The van der Waals surface area contributed by atoms with Gasteiger partial charge >= 0.3 is 0 Å². The molecule has 3 aromatic rings. The predicted molar refractivity (Wildman–Crippen MR) is 105 cm³/mol. The first-order chi connectivity index (χ1) is 12.7. The van der Waals surface area contributed by atoms with Crippen molar-refractivity contribution in [2.75, 3.05) is 18.8 Å². The molecule has 4 rings (SSSR count). The molecule has 4 nitrogen and oxygen atoms in total. The molecule has 1 saturated heterocycles. The van der Waals surface area contributed by atoms with E-state index in [9.17, 15) is 9.59 Å². The molecule has 0 bridgehead atoms. The van der Waals surface area contributed by atoms with Crippen LogP contribution in [0.4, 0.5) is 0 Å². The van der Waals surface area contributed by atoms with Crippen molar-refractivity contribution in [3.8, 4) is 0 Å². The molecule has 0 radical (unpaired) electrons. The lowest BCUT2D eigenvalue weighted by Crippen LogP contribution is -2.38. The van der Waals surface area contributed by atoms with E-state index in [1.165, 1.54) is 5.56 Å². The van der Waals surface area contributed by atoms with Gasteiger partial charge in [-0.15, -0.1) is 0 Å². The van der Waals surface area contributed by atoms with E-state index in [1.807, 2.05) is 54.2 Å². The van der Waals surface area contributed by atoms with Crippen molar-refractivity contribution in [1.29, 1.82) is 0 Å². The van der Waals surface area contributed by atoms with Crippen molar-refractivity contribution < 1.29 is 9.59 Å². The predicted octanol–water partition coefficient (Wildman–Crippen LogP) is 4.06. The van der Waals surface area contributed by atoms with Crippen LogP contribution in [-0.2, 0) is 4.79 Å². The number of aromatic nitrogens is 1. The van der Waals surface area contributed by atoms with Crippen molar-refractivity contribution in [2.45, 2.75) is 11.7 Å². The van der Waals surface area contributed by atoms with E-state index < -0.39 is 11.7 Å². The second-order valence-electron chi connectivity index (χ2n) is 6.43. The van der Waals surface area contributed by atoms with Crippen LogP contribution in [0.2, 0.25) is 0 Å². The second kappa shape index (κ2) is 7.38. The topological polar surface area (TPSA) is 53.2 Å². The number of rotatable bonds is 3. The number of hydrogen-bond acceptors (Lipinski definition) is 3. The lowest BCUT2D eigenvalue weighted by atomic mass is 10.1. The fraction of sp³-hybridized carbons (Fsp3) is 0.238. The number of hydrogen-bond donors (Lipinski definition) is 1. The molecule has 2 aromatic carbocycles. The number of benzene rings is 2. The normalized spacial score (nSPS) is 17.8. The van der Waals surface area contributed by atoms with E-state index in [0.29, 0.717) is 23.9 Å². The highest BCUT2D eigenvalue weighted by molar-refractivity contribution is 7.99. The summed E-state index contributed by atoms with van der Waals surface area (Å²) >= 11 is 1.86. The van der Waals surface area contributed by atoms with Crippen LogP contribution in [0.5, 0.6) is 0 Å². The zero-order chi connectivity index (χ0) is 17.9. The molecular formula is C21H20N2O2S. The van der Waals surface area contributed by atoms with Gasteiger partial charge in [-0.1, -0.05) is 48.5 Å². The van der Waals surface area contributed by atoms with Gasteiger partial charge in [0, 0.05) is 41.2 Å². The smallest absolute Gasteiger partial charge is 0.295 e. The number of amides is 1. The van der Waals surface area contributed by atoms with Gasteiger partial charge in [0.05, 0.1) is 5.56 Å². The highest BCUT2D eigenvalue weighted by atomic mass is 32.2.